The molecule has 0 N–H and O–H groups in total. The van der Waals surface area contributed by atoms with Crippen LogP contribution in [0.3, 0.4) is 0 Å². The molecule has 0 aromatic rings. The second-order valence-electron chi connectivity index (χ2n) is 2.29. The number of hydrogen-bond donors (Lipinski definition) is 0. The van der Waals surface area contributed by atoms with Gasteiger partial charge < -0.3 is 4.74 Å². The van der Waals surface area contributed by atoms with E-state index in [0.717, 1.165) is 18.9 Å². The summed E-state index contributed by atoms with van der Waals surface area (Å²) in [7, 11) is 0. The number of carbonyl (C=O) groups excluding carboxylic acids is 1. The SMILES string of the molecule is C=CC(=O)OCCCC(C)Cl. The predicted octanol–water partition coefficient (Wildman–Crippen LogP) is 2.12. The van der Waals surface area contributed by atoms with Crippen molar-refractivity contribution in [3.63, 3.8) is 0 Å². The Kier molecular flexibility index (Phi) is 5.94. The lowest BCUT2D eigenvalue weighted by atomic mass is 10.3. The second-order valence-corrected chi connectivity index (χ2v) is 3.04. The van der Waals surface area contributed by atoms with Gasteiger partial charge in [-0.25, -0.2) is 4.79 Å². The highest BCUT2D eigenvalue weighted by Gasteiger charge is 1.97. The molecule has 0 radical (unpaired) electrons. The second kappa shape index (κ2) is 6.23. The van der Waals surface area contributed by atoms with E-state index in [0.29, 0.717) is 6.61 Å². The molecule has 0 spiro atoms. The van der Waals surface area contributed by atoms with Crippen LogP contribution >= 0.6 is 11.6 Å². The molecule has 0 heterocycles. The Morgan fingerprint density at radius 2 is 2.45 bits per heavy atom. The molecule has 0 aliphatic rings. The Morgan fingerprint density at radius 1 is 1.82 bits per heavy atom. The van der Waals surface area contributed by atoms with E-state index in [1.54, 1.807) is 0 Å². The van der Waals surface area contributed by atoms with Crippen molar-refractivity contribution < 1.29 is 9.53 Å². The summed E-state index contributed by atoms with van der Waals surface area (Å²) in [4.78, 5) is 10.5. The van der Waals surface area contributed by atoms with Gasteiger partial charge in [0.1, 0.15) is 0 Å². The summed E-state index contributed by atoms with van der Waals surface area (Å²) in [6, 6.07) is 0. The molecule has 0 saturated carbocycles. The maximum absolute atomic E-state index is 10.5. The monoisotopic (exact) mass is 176 g/mol. The van der Waals surface area contributed by atoms with E-state index in [1.807, 2.05) is 6.92 Å². The third kappa shape index (κ3) is 7.40. The molecule has 0 amide bonds. The minimum absolute atomic E-state index is 0.150. The Balaban J connectivity index is 3.14. The van der Waals surface area contributed by atoms with Crippen LogP contribution in [0.2, 0.25) is 0 Å². The topological polar surface area (TPSA) is 26.3 Å². The molecular weight excluding hydrogens is 164 g/mol. The first-order valence-corrected chi connectivity index (χ1v) is 4.03. The molecule has 0 bridgehead atoms. The van der Waals surface area contributed by atoms with Gasteiger partial charge in [0.05, 0.1) is 6.61 Å². The van der Waals surface area contributed by atoms with E-state index >= 15 is 0 Å². The summed E-state index contributed by atoms with van der Waals surface area (Å²) >= 11 is 5.67. The fourth-order valence-corrected chi connectivity index (χ4v) is 0.751. The van der Waals surface area contributed by atoms with Crippen LogP contribution in [0.5, 0.6) is 0 Å². The van der Waals surface area contributed by atoms with Crippen molar-refractivity contribution in [2.75, 3.05) is 6.61 Å². The number of hydrogen-bond acceptors (Lipinski definition) is 2. The first-order valence-electron chi connectivity index (χ1n) is 3.60. The van der Waals surface area contributed by atoms with Gasteiger partial charge in [-0.3, -0.25) is 0 Å². The van der Waals surface area contributed by atoms with Crippen LogP contribution in [-0.4, -0.2) is 18.0 Å². The lowest BCUT2D eigenvalue weighted by molar-refractivity contribution is -0.137. The van der Waals surface area contributed by atoms with Gasteiger partial charge in [-0.1, -0.05) is 6.58 Å². The smallest absolute Gasteiger partial charge is 0.330 e. The molecule has 0 aromatic carbocycles. The van der Waals surface area contributed by atoms with E-state index in [9.17, 15) is 4.79 Å². The average molecular weight is 177 g/mol. The van der Waals surface area contributed by atoms with E-state index in [4.69, 9.17) is 16.3 Å². The molecule has 0 aliphatic heterocycles. The van der Waals surface area contributed by atoms with Crippen molar-refractivity contribution in [3.05, 3.63) is 12.7 Å². The maximum Gasteiger partial charge on any atom is 0.330 e. The fraction of sp³-hybridized carbons (Fsp3) is 0.625. The molecule has 64 valence electrons. The molecule has 0 rings (SSSR count). The van der Waals surface area contributed by atoms with Crippen LogP contribution in [0, 0.1) is 0 Å². The minimum atomic E-state index is -0.368. The number of carbonyl (C=O) groups is 1. The summed E-state index contributed by atoms with van der Waals surface area (Å²) in [6.07, 6.45) is 2.83. The number of alkyl halides is 1. The number of rotatable bonds is 5. The highest BCUT2D eigenvalue weighted by atomic mass is 35.5. The Morgan fingerprint density at radius 3 is 2.91 bits per heavy atom. The number of halogens is 1. The molecule has 0 aliphatic carbocycles. The van der Waals surface area contributed by atoms with Crippen molar-refractivity contribution in [2.45, 2.75) is 25.1 Å². The third-order valence-electron chi connectivity index (χ3n) is 1.16. The minimum Gasteiger partial charge on any atom is -0.463 e. The Labute approximate surface area is 72.2 Å². The van der Waals surface area contributed by atoms with Crippen molar-refractivity contribution in [2.24, 2.45) is 0 Å². The van der Waals surface area contributed by atoms with Crippen LogP contribution in [-0.2, 0) is 9.53 Å². The highest BCUT2D eigenvalue weighted by Crippen LogP contribution is 2.03. The molecule has 1 atom stereocenters. The van der Waals surface area contributed by atoms with Crippen LogP contribution in [0.25, 0.3) is 0 Å². The van der Waals surface area contributed by atoms with Crippen molar-refractivity contribution >= 4 is 17.6 Å². The standard InChI is InChI=1S/C8H13ClO2/c1-3-8(10)11-6-4-5-7(2)9/h3,7H,1,4-6H2,2H3. The lowest BCUT2D eigenvalue weighted by Crippen LogP contribution is -2.03. The van der Waals surface area contributed by atoms with E-state index in [-0.39, 0.29) is 11.3 Å². The Bertz CT molecular complexity index is 132. The summed E-state index contributed by atoms with van der Waals surface area (Å²) < 4.78 is 4.73. The van der Waals surface area contributed by atoms with Crippen molar-refractivity contribution in [1.29, 1.82) is 0 Å². The molecule has 3 heteroatoms. The van der Waals surface area contributed by atoms with Gasteiger partial charge >= 0.3 is 5.97 Å². The van der Waals surface area contributed by atoms with Crippen molar-refractivity contribution in [3.8, 4) is 0 Å². The highest BCUT2D eigenvalue weighted by molar-refractivity contribution is 6.20. The maximum atomic E-state index is 10.5. The third-order valence-corrected chi connectivity index (χ3v) is 1.38. The molecule has 0 aromatic heterocycles. The van der Waals surface area contributed by atoms with Crippen LogP contribution < -0.4 is 0 Å². The molecule has 0 fully saturated rings. The van der Waals surface area contributed by atoms with Crippen LogP contribution in [0.1, 0.15) is 19.8 Å². The zero-order chi connectivity index (χ0) is 8.69. The van der Waals surface area contributed by atoms with Crippen LogP contribution in [0.15, 0.2) is 12.7 Å². The van der Waals surface area contributed by atoms with E-state index in [1.165, 1.54) is 0 Å². The largest absolute Gasteiger partial charge is 0.463 e. The average Bonchev–Trinajstić information content (AvgIpc) is 1.97. The van der Waals surface area contributed by atoms with Gasteiger partial charge in [0, 0.05) is 11.5 Å². The molecule has 11 heavy (non-hydrogen) atoms. The zero-order valence-corrected chi connectivity index (χ0v) is 7.43. The van der Waals surface area contributed by atoms with E-state index < -0.39 is 0 Å². The zero-order valence-electron chi connectivity index (χ0n) is 6.68. The summed E-state index contributed by atoms with van der Waals surface area (Å²) in [5.41, 5.74) is 0. The Hall–Kier alpha value is -0.500. The van der Waals surface area contributed by atoms with Gasteiger partial charge in [-0.2, -0.15) is 0 Å². The van der Waals surface area contributed by atoms with Crippen molar-refractivity contribution in [1.82, 2.24) is 0 Å². The quantitative estimate of drug-likeness (QED) is 0.278. The molecule has 0 saturated heterocycles. The number of esters is 1. The molecule has 1 unspecified atom stereocenters. The van der Waals surface area contributed by atoms with Gasteiger partial charge in [-0.05, 0) is 19.8 Å². The fourth-order valence-electron chi connectivity index (χ4n) is 0.596. The van der Waals surface area contributed by atoms with Gasteiger partial charge in [0.15, 0.2) is 0 Å². The number of ether oxygens (including phenoxy) is 1. The van der Waals surface area contributed by atoms with Crippen LogP contribution in [0.4, 0.5) is 0 Å². The normalized spacial score (nSPS) is 12.2. The van der Waals surface area contributed by atoms with Gasteiger partial charge in [0.25, 0.3) is 0 Å². The summed E-state index contributed by atoms with van der Waals surface area (Å²) in [5.74, 6) is -0.368. The predicted molar refractivity (Wildman–Crippen MR) is 45.7 cm³/mol. The van der Waals surface area contributed by atoms with Gasteiger partial charge in [-0.15, -0.1) is 11.6 Å². The summed E-state index contributed by atoms with van der Waals surface area (Å²) in [5, 5.41) is 0.150. The molecule has 2 nitrogen and oxygen atoms in total. The molecular formula is C8H13ClO2. The summed E-state index contributed by atoms with van der Waals surface area (Å²) in [6.45, 7) is 5.62. The van der Waals surface area contributed by atoms with Gasteiger partial charge in [0.2, 0.25) is 0 Å². The first kappa shape index (κ1) is 10.5. The first-order chi connectivity index (χ1) is 5.16. The van der Waals surface area contributed by atoms with E-state index in [2.05, 4.69) is 6.58 Å². The lowest BCUT2D eigenvalue weighted by Gasteiger charge is -2.02.